The number of aryl methyl sites for hydroxylation is 1. The highest BCUT2D eigenvalue weighted by atomic mass is 15.3. The molecule has 5 heteroatoms. The molecule has 0 radical (unpaired) electrons. The van der Waals surface area contributed by atoms with Crippen molar-refractivity contribution in [2.75, 3.05) is 5.73 Å². The molecule has 0 aliphatic carbocycles. The van der Waals surface area contributed by atoms with Gasteiger partial charge in [-0.2, -0.15) is 10.4 Å². The zero-order valence-corrected chi connectivity index (χ0v) is 10.7. The van der Waals surface area contributed by atoms with E-state index in [2.05, 4.69) is 17.0 Å². The van der Waals surface area contributed by atoms with Gasteiger partial charge in [0.05, 0.1) is 11.4 Å². The average molecular weight is 241 g/mol. The molecule has 5 nitrogen and oxygen atoms in total. The highest BCUT2D eigenvalue weighted by Gasteiger charge is 2.13. The number of nitrogens with zero attached hydrogens (tertiary/aromatic N) is 4. The van der Waals surface area contributed by atoms with Crippen molar-refractivity contribution in [3.63, 3.8) is 0 Å². The van der Waals surface area contributed by atoms with Gasteiger partial charge in [0.25, 0.3) is 0 Å². The summed E-state index contributed by atoms with van der Waals surface area (Å²) in [5, 5.41) is 13.4. The number of nitrogens with two attached hydrogens (primary N) is 1. The average Bonchev–Trinajstić information content (AvgIpc) is 2.65. The molecule has 0 fully saturated rings. The third kappa shape index (κ3) is 1.82. The van der Waals surface area contributed by atoms with Crippen molar-refractivity contribution in [3.05, 3.63) is 34.8 Å². The monoisotopic (exact) mass is 241 g/mol. The second-order valence-corrected chi connectivity index (χ2v) is 4.13. The minimum Gasteiger partial charge on any atom is -0.396 e. The predicted molar refractivity (Wildman–Crippen MR) is 69.3 cm³/mol. The molecule has 0 aromatic carbocycles. The quantitative estimate of drug-likeness (QED) is 0.870. The maximum Gasteiger partial charge on any atom is 0.165 e. The van der Waals surface area contributed by atoms with E-state index in [1.54, 1.807) is 16.8 Å². The lowest BCUT2D eigenvalue weighted by Gasteiger charge is -2.05. The van der Waals surface area contributed by atoms with Crippen LogP contribution in [0.4, 0.5) is 5.69 Å². The topological polar surface area (TPSA) is 80.5 Å². The zero-order chi connectivity index (χ0) is 13.3. The van der Waals surface area contributed by atoms with Crippen LogP contribution in [-0.2, 0) is 6.42 Å². The summed E-state index contributed by atoms with van der Waals surface area (Å²) in [6, 6.07) is 5.44. The van der Waals surface area contributed by atoms with Gasteiger partial charge in [-0.25, -0.2) is 9.67 Å². The Bertz CT molecular complexity index is 634. The first-order valence-electron chi connectivity index (χ1n) is 5.80. The smallest absolute Gasteiger partial charge is 0.165 e. The molecule has 0 saturated heterocycles. The van der Waals surface area contributed by atoms with Gasteiger partial charge in [-0.1, -0.05) is 6.92 Å². The molecule has 0 atom stereocenters. The highest BCUT2D eigenvalue weighted by molar-refractivity contribution is 5.52. The minimum absolute atomic E-state index is 0.234. The standard InChI is InChI=1S/C13H15N5/c1-4-10-8(2)17-18(9(10)3)13-6-5-11(15)12(7-14)16-13/h5-6H,4,15H2,1-3H3. The van der Waals surface area contributed by atoms with Crippen molar-refractivity contribution >= 4 is 5.69 Å². The first-order valence-corrected chi connectivity index (χ1v) is 5.80. The van der Waals surface area contributed by atoms with Crippen LogP contribution in [0.2, 0.25) is 0 Å². The highest BCUT2D eigenvalue weighted by Crippen LogP contribution is 2.18. The molecular formula is C13H15N5. The van der Waals surface area contributed by atoms with Gasteiger partial charge >= 0.3 is 0 Å². The first-order chi connectivity index (χ1) is 8.58. The molecule has 0 bridgehead atoms. The van der Waals surface area contributed by atoms with Crippen LogP contribution in [0, 0.1) is 25.2 Å². The molecule has 0 aliphatic rings. The number of anilines is 1. The molecule has 2 aromatic rings. The van der Waals surface area contributed by atoms with Crippen LogP contribution in [0.1, 0.15) is 29.6 Å². The minimum atomic E-state index is 0.234. The molecule has 2 rings (SSSR count). The van der Waals surface area contributed by atoms with E-state index in [4.69, 9.17) is 11.0 Å². The summed E-state index contributed by atoms with van der Waals surface area (Å²) >= 11 is 0. The first kappa shape index (κ1) is 12.1. The number of rotatable bonds is 2. The normalized spacial score (nSPS) is 10.3. The lowest BCUT2D eigenvalue weighted by atomic mass is 10.1. The summed E-state index contributed by atoms with van der Waals surface area (Å²) in [6.45, 7) is 6.08. The number of aromatic nitrogens is 3. The van der Waals surface area contributed by atoms with E-state index in [1.165, 1.54) is 5.56 Å². The molecular weight excluding hydrogens is 226 g/mol. The van der Waals surface area contributed by atoms with Gasteiger partial charge in [0.2, 0.25) is 0 Å². The van der Waals surface area contributed by atoms with Crippen LogP contribution in [0.25, 0.3) is 5.82 Å². The fraction of sp³-hybridized carbons (Fsp3) is 0.308. The lowest BCUT2D eigenvalue weighted by Crippen LogP contribution is -2.05. The van der Waals surface area contributed by atoms with Crippen LogP contribution in [-0.4, -0.2) is 14.8 Å². The number of hydrogen-bond donors (Lipinski definition) is 1. The van der Waals surface area contributed by atoms with Gasteiger partial charge in [0.1, 0.15) is 6.07 Å². The van der Waals surface area contributed by atoms with E-state index < -0.39 is 0 Å². The van der Waals surface area contributed by atoms with Gasteiger partial charge in [-0.3, -0.25) is 0 Å². The van der Waals surface area contributed by atoms with Crippen LogP contribution in [0.3, 0.4) is 0 Å². The summed E-state index contributed by atoms with van der Waals surface area (Å²) in [5.41, 5.74) is 9.54. The van der Waals surface area contributed by atoms with Crippen LogP contribution >= 0.6 is 0 Å². The molecule has 0 unspecified atom stereocenters. The van der Waals surface area contributed by atoms with E-state index in [9.17, 15) is 0 Å². The molecule has 2 heterocycles. The number of nitriles is 1. The molecule has 0 aliphatic heterocycles. The van der Waals surface area contributed by atoms with Crippen LogP contribution < -0.4 is 5.73 Å². The summed E-state index contributed by atoms with van der Waals surface area (Å²) in [5.74, 6) is 0.626. The fourth-order valence-electron chi connectivity index (χ4n) is 2.08. The van der Waals surface area contributed by atoms with Crippen molar-refractivity contribution in [1.29, 1.82) is 5.26 Å². The third-order valence-corrected chi connectivity index (χ3v) is 3.03. The van der Waals surface area contributed by atoms with Gasteiger partial charge in [-0.05, 0) is 38.0 Å². The Kier molecular flexibility index (Phi) is 3.02. The Hall–Kier alpha value is -2.35. The van der Waals surface area contributed by atoms with Crippen molar-refractivity contribution in [2.45, 2.75) is 27.2 Å². The second-order valence-electron chi connectivity index (χ2n) is 4.13. The molecule has 0 spiro atoms. The second kappa shape index (κ2) is 4.49. The molecule has 92 valence electrons. The van der Waals surface area contributed by atoms with Crippen LogP contribution in [0.15, 0.2) is 12.1 Å². The predicted octanol–water partition coefficient (Wildman–Crippen LogP) is 1.90. The largest absolute Gasteiger partial charge is 0.396 e. The third-order valence-electron chi connectivity index (χ3n) is 3.03. The zero-order valence-electron chi connectivity index (χ0n) is 10.7. The van der Waals surface area contributed by atoms with Gasteiger partial charge in [-0.15, -0.1) is 0 Å². The van der Waals surface area contributed by atoms with Gasteiger partial charge in [0, 0.05) is 5.69 Å². The Balaban J connectivity index is 2.60. The molecule has 2 N–H and O–H groups in total. The summed E-state index contributed by atoms with van der Waals surface area (Å²) in [6.07, 6.45) is 0.928. The molecule has 0 amide bonds. The summed E-state index contributed by atoms with van der Waals surface area (Å²) < 4.78 is 1.76. The summed E-state index contributed by atoms with van der Waals surface area (Å²) in [4.78, 5) is 4.22. The maximum atomic E-state index is 8.94. The van der Waals surface area contributed by atoms with E-state index in [0.29, 0.717) is 11.5 Å². The Labute approximate surface area is 106 Å². The Morgan fingerprint density at radius 1 is 1.39 bits per heavy atom. The van der Waals surface area contributed by atoms with E-state index in [1.807, 2.05) is 19.9 Å². The van der Waals surface area contributed by atoms with E-state index in [-0.39, 0.29) is 5.69 Å². The van der Waals surface area contributed by atoms with Crippen molar-refractivity contribution in [1.82, 2.24) is 14.8 Å². The van der Waals surface area contributed by atoms with Crippen LogP contribution in [0.5, 0.6) is 0 Å². The fourth-order valence-corrected chi connectivity index (χ4v) is 2.08. The summed E-state index contributed by atoms with van der Waals surface area (Å²) in [7, 11) is 0. The number of pyridine rings is 1. The lowest BCUT2D eigenvalue weighted by molar-refractivity contribution is 0.804. The maximum absolute atomic E-state index is 8.94. The Morgan fingerprint density at radius 3 is 2.67 bits per heavy atom. The number of hydrogen-bond acceptors (Lipinski definition) is 4. The Morgan fingerprint density at radius 2 is 2.11 bits per heavy atom. The molecule has 18 heavy (non-hydrogen) atoms. The number of nitrogen functional groups attached to an aromatic ring is 1. The van der Waals surface area contributed by atoms with Gasteiger partial charge < -0.3 is 5.73 Å². The van der Waals surface area contributed by atoms with Crippen molar-refractivity contribution < 1.29 is 0 Å². The molecule has 2 aromatic heterocycles. The molecule has 0 saturated carbocycles. The van der Waals surface area contributed by atoms with Crippen molar-refractivity contribution in [2.24, 2.45) is 0 Å². The van der Waals surface area contributed by atoms with Crippen molar-refractivity contribution in [3.8, 4) is 11.9 Å². The van der Waals surface area contributed by atoms with E-state index in [0.717, 1.165) is 17.8 Å². The van der Waals surface area contributed by atoms with Gasteiger partial charge in [0.15, 0.2) is 11.5 Å². The SMILES string of the molecule is CCc1c(C)nn(-c2ccc(N)c(C#N)n2)c1C. The van der Waals surface area contributed by atoms with E-state index >= 15 is 0 Å².